The first-order chi connectivity index (χ1) is 27.0. The molecule has 7 atom stereocenters. The Balaban J connectivity index is 1.24. The standard InChI is InChI=1S/C42H53F2N3O9S/c1-24-8-6-7-9-26-19-42(26,39(51)46-57(52,53)41(23-43)12-13-41)20-33(48)32-15-27(22-47(32)38(50)28(25(2)14-24)18-36(49)40(3)10-11-40)56-37-30-16-31(44)34(54-4)17-29(30)35(55-5)21-45-37/h7,9,16-17,21,24-28,32H,6,8,10-15,18-20,22-23H2,1-5H3,(H,46,51)/b9-7-/t24-,25-,26-,27-,28+,32+,42-/m1/s1. The molecule has 310 valence electrons. The topological polar surface area (TPSA) is 158 Å². The molecule has 15 heteroatoms. The number of ether oxygens (including phenoxy) is 3. The number of sulfonamides is 1. The van der Waals surface area contributed by atoms with Crippen molar-refractivity contribution in [1.82, 2.24) is 14.6 Å². The number of amides is 2. The van der Waals surface area contributed by atoms with Crippen LogP contribution in [0.25, 0.3) is 10.8 Å². The first-order valence-electron chi connectivity index (χ1n) is 20.0. The number of rotatable bonds is 11. The fourth-order valence-corrected chi connectivity index (χ4v) is 10.4. The number of carbonyl (C=O) groups is 4. The number of nitrogens with zero attached hydrogens (tertiary/aromatic N) is 2. The van der Waals surface area contributed by atoms with Crippen LogP contribution in [0.3, 0.4) is 0 Å². The molecule has 1 saturated heterocycles. The summed E-state index contributed by atoms with van der Waals surface area (Å²) in [6, 6.07) is 1.61. The minimum Gasteiger partial charge on any atom is -0.494 e. The molecule has 1 aromatic heterocycles. The molecule has 0 radical (unpaired) electrons. The van der Waals surface area contributed by atoms with Crippen LogP contribution in [0.15, 0.2) is 30.5 Å². The highest BCUT2D eigenvalue weighted by Gasteiger charge is 2.63. The van der Waals surface area contributed by atoms with E-state index in [1.807, 2.05) is 26.0 Å². The van der Waals surface area contributed by atoms with Crippen molar-refractivity contribution in [3.8, 4) is 17.4 Å². The zero-order valence-corrected chi connectivity index (χ0v) is 34.1. The molecule has 0 bridgehead atoms. The van der Waals surface area contributed by atoms with Crippen molar-refractivity contribution in [3.05, 3.63) is 36.3 Å². The molecular weight excluding hydrogens is 761 g/mol. The van der Waals surface area contributed by atoms with Gasteiger partial charge in [-0.2, -0.15) is 0 Å². The highest BCUT2D eigenvalue weighted by atomic mass is 32.2. The molecule has 4 fully saturated rings. The van der Waals surface area contributed by atoms with Gasteiger partial charge in [-0.15, -0.1) is 0 Å². The summed E-state index contributed by atoms with van der Waals surface area (Å²) in [5.41, 5.74) is -1.89. The van der Waals surface area contributed by atoms with Crippen molar-refractivity contribution in [2.45, 2.75) is 108 Å². The lowest BCUT2D eigenvalue weighted by Gasteiger charge is -2.32. The third-order valence-corrected chi connectivity index (χ3v) is 15.6. The number of carbonyl (C=O) groups excluding carboxylic acids is 4. The van der Waals surface area contributed by atoms with E-state index in [0.29, 0.717) is 24.0 Å². The average Bonchev–Trinajstić information content (AvgIpc) is 4.12. The summed E-state index contributed by atoms with van der Waals surface area (Å²) >= 11 is 0. The lowest BCUT2D eigenvalue weighted by molar-refractivity contribution is -0.145. The number of methoxy groups -OCH3 is 2. The quantitative estimate of drug-likeness (QED) is 0.265. The molecule has 57 heavy (non-hydrogen) atoms. The summed E-state index contributed by atoms with van der Waals surface area (Å²) in [6.07, 6.45) is 8.15. The Labute approximate surface area is 332 Å². The van der Waals surface area contributed by atoms with Gasteiger partial charge in [-0.3, -0.25) is 23.9 Å². The van der Waals surface area contributed by atoms with Gasteiger partial charge in [0.15, 0.2) is 17.3 Å². The molecule has 3 saturated carbocycles. The van der Waals surface area contributed by atoms with Crippen LogP contribution in [0.5, 0.6) is 17.4 Å². The highest BCUT2D eigenvalue weighted by molar-refractivity contribution is 7.91. The van der Waals surface area contributed by atoms with E-state index in [0.717, 1.165) is 19.3 Å². The Morgan fingerprint density at radius 3 is 2.40 bits per heavy atom. The van der Waals surface area contributed by atoms with Crippen LogP contribution in [0.4, 0.5) is 8.78 Å². The van der Waals surface area contributed by atoms with Crippen molar-refractivity contribution < 1.29 is 50.6 Å². The van der Waals surface area contributed by atoms with Gasteiger partial charge in [0.1, 0.15) is 29.1 Å². The number of fused-ring (bicyclic) bond motifs is 3. The van der Waals surface area contributed by atoms with Crippen LogP contribution < -0.4 is 18.9 Å². The molecule has 12 nitrogen and oxygen atoms in total. The zero-order valence-electron chi connectivity index (χ0n) is 33.3. The first kappa shape index (κ1) is 41.0. The molecule has 5 aliphatic rings. The van der Waals surface area contributed by atoms with E-state index >= 15 is 4.39 Å². The van der Waals surface area contributed by atoms with Crippen molar-refractivity contribution in [3.63, 3.8) is 0 Å². The molecule has 0 unspecified atom stereocenters. The fourth-order valence-electron chi connectivity index (χ4n) is 8.91. The Kier molecular flexibility index (Phi) is 11.0. The number of halogens is 2. The summed E-state index contributed by atoms with van der Waals surface area (Å²) in [6.45, 7) is 4.82. The molecular formula is C42H53F2N3O9S. The smallest absolute Gasteiger partial charge is 0.243 e. The number of hydrogen-bond donors (Lipinski definition) is 1. The summed E-state index contributed by atoms with van der Waals surface area (Å²) < 4.78 is 73.0. The molecule has 3 heterocycles. The lowest BCUT2D eigenvalue weighted by atomic mass is 9.79. The van der Waals surface area contributed by atoms with Crippen molar-refractivity contribution in [1.29, 1.82) is 0 Å². The lowest BCUT2D eigenvalue weighted by Crippen LogP contribution is -2.48. The second-order valence-electron chi connectivity index (χ2n) is 17.6. The average molecular weight is 814 g/mol. The second kappa shape index (κ2) is 15.2. The summed E-state index contributed by atoms with van der Waals surface area (Å²) in [7, 11) is -1.56. The van der Waals surface area contributed by atoms with E-state index in [2.05, 4.69) is 16.6 Å². The number of Topliss-reactive ketones (excluding diaryl/α,β-unsaturated/α-hetero) is 2. The number of ketones is 2. The van der Waals surface area contributed by atoms with Gasteiger partial charge >= 0.3 is 0 Å². The molecule has 1 N–H and O–H groups in total. The number of aromatic nitrogens is 1. The Bertz CT molecular complexity index is 2100. The summed E-state index contributed by atoms with van der Waals surface area (Å²) in [4.78, 5) is 63.1. The normalized spacial score (nSPS) is 31.2. The van der Waals surface area contributed by atoms with Crippen LogP contribution in [0.1, 0.15) is 91.4 Å². The molecule has 0 spiro atoms. The van der Waals surface area contributed by atoms with Gasteiger partial charge in [-0.05, 0) is 81.3 Å². The Hall–Kier alpha value is -4.14. The van der Waals surface area contributed by atoms with Gasteiger partial charge < -0.3 is 19.1 Å². The number of nitrogens with one attached hydrogen (secondary N) is 1. The molecule has 7 rings (SSSR count). The molecule has 1 aromatic carbocycles. The fraction of sp³-hybridized carbons (Fsp3) is 0.643. The van der Waals surface area contributed by atoms with Gasteiger partial charge in [0.25, 0.3) is 0 Å². The first-order valence-corrected chi connectivity index (χ1v) is 21.5. The number of alkyl halides is 1. The minimum atomic E-state index is -4.36. The van der Waals surface area contributed by atoms with Gasteiger partial charge in [0.2, 0.25) is 27.7 Å². The van der Waals surface area contributed by atoms with E-state index in [1.165, 1.54) is 37.4 Å². The van der Waals surface area contributed by atoms with Gasteiger partial charge in [-0.25, -0.2) is 22.2 Å². The van der Waals surface area contributed by atoms with Crippen LogP contribution >= 0.6 is 0 Å². The zero-order chi connectivity index (χ0) is 41.1. The molecule has 2 amide bonds. The maximum absolute atomic E-state index is 15.1. The number of allylic oxidation sites excluding steroid dienone is 2. The summed E-state index contributed by atoms with van der Waals surface area (Å²) in [5.74, 6) is -3.12. The molecule has 2 aliphatic heterocycles. The van der Waals surface area contributed by atoms with Crippen LogP contribution in [-0.2, 0) is 29.2 Å². The predicted octanol–water partition coefficient (Wildman–Crippen LogP) is 6.04. The third-order valence-electron chi connectivity index (χ3n) is 13.5. The largest absolute Gasteiger partial charge is 0.494 e. The highest BCUT2D eigenvalue weighted by Crippen LogP contribution is 2.58. The number of hydrogen-bond acceptors (Lipinski definition) is 10. The Morgan fingerprint density at radius 2 is 1.75 bits per heavy atom. The predicted molar refractivity (Wildman–Crippen MR) is 206 cm³/mol. The molecule has 2 aromatic rings. The van der Waals surface area contributed by atoms with Gasteiger partial charge in [0.05, 0.1) is 43.8 Å². The van der Waals surface area contributed by atoms with E-state index in [-0.39, 0.29) is 85.6 Å². The van der Waals surface area contributed by atoms with Crippen LogP contribution in [0, 0.1) is 40.3 Å². The number of pyridine rings is 1. The summed E-state index contributed by atoms with van der Waals surface area (Å²) in [5, 5.41) is 0.747. The van der Waals surface area contributed by atoms with Gasteiger partial charge in [0, 0.05) is 36.0 Å². The second-order valence-corrected chi connectivity index (χ2v) is 19.7. The SMILES string of the molecule is COc1cc2c(OC)cnc(O[C@@H]3C[C@H]4C(=O)C[C@]5(C(=O)NS(=O)(=O)C6(CF)CC6)C[C@H]5/C=C\CC[C@@H](C)C[C@@H](C)[C@H](CC(=O)C5(C)CC5)C(=O)N4C3)c2cc1F. The van der Waals surface area contributed by atoms with Crippen molar-refractivity contribution >= 4 is 44.2 Å². The Morgan fingerprint density at radius 1 is 1.04 bits per heavy atom. The maximum Gasteiger partial charge on any atom is 0.243 e. The van der Waals surface area contributed by atoms with E-state index in [1.54, 1.807) is 0 Å². The van der Waals surface area contributed by atoms with Crippen LogP contribution in [0.2, 0.25) is 0 Å². The van der Waals surface area contributed by atoms with E-state index in [9.17, 15) is 32.0 Å². The van der Waals surface area contributed by atoms with Crippen molar-refractivity contribution in [2.75, 3.05) is 27.4 Å². The van der Waals surface area contributed by atoms with E-state index in [4.69, 9.17) is 14.2 Å². The van der Waals surface area contributed by atoms with Gasteiger partial charge in [-0.1, -0.05) is 32.9 Å². The number of benzene rings is 1. The maximum atomic E-state index is 15.1. The van der Waals surface area contributed by atoms with Crippen molar-refractivity contribution in [2.24, 2.45) is 34.5 Å². The van der Waals surface area contributed by atoms with Crippen LogP contribution in [-0.4, -0.2) is 86.0 Å². The minimum absolute atomic E-state index is 0.00302. The monoisotopic (exact) mass is 813 g/mol. The van der Waals surface area contributed by atoms with E-state index < -0.39 is 73.8 Å². The third kappa shape index (κ3) is 7.76. The molecule has 3 aliphatic carbocycles.